The molecule has 2 N–H and O–H groups in total. The van der Waals surface area contributed by atoms with Crippen LogP contribution in [0.15, 0.2) is 35.7 Å². The number of carbonyl (C=O) groups excluding carboxylic acids is 1. The first-order chi connectivity index (χ1) is 9.74. The normalized spacial score (nSPS) is 22.1. The first-order valence-electron chi connectivity index (χ1n) is 7.02. The van der Waals surface area contributed by atoms with Crippen LogP contribution >= 0.6 is 11.3 Å². The zero-order valence-electron chi connectivity index (χ0n) is 11.3. The van der Waals surface area contributed by atoms with Crippen LogP contribution in [0.25, 0.3) is 11.3 Å². The molecule has 2 unspecified atom stereocenters. The van der Waals surface area contributed by atoms with Crippen LogP contribution in [-0.2, 0) is 11.2 Å². The summed E-state index contributed by atoms with van der Waals surface area (Å²) in [6.45, 7) is 0. The van der Waals surface area contributed by atoms with E-state index in [9.17, 15) is 4.79 Å². The van der Waals surface area contributed by atoms with Gasteiger partial charge >= 0.3 is 0 Å². The molecule has 104 valence electrons. The fraction of sp³-hybridized carbons (Fsp3) is 0.375. The lowest BCUT2D eigenvalue weighted by molar-refractivity contribution is -0.122. The number of ketones is 1. The van der Waals surface area contributed by atoms with E-state index in [4.69, 9.17) is 5.73 Å². The maximum absolute atomic E-state index is 12.3. The van der Waals surface area contributed by atoms with Gasteiger partial charge in [0.25, 0.3) is 0 Å². The van der Waals surface area contributed by atoms with E-state index in [1.54, 1.807) is 11.3 Å². The van der Waals surface area contributed by atoms with Crippen LogP contribution in [0.3, 0.4) is 0 Å². The molecule has 0 saturated heterocycles. The van der Waals surface area contributed by atoms with Crippen molar-refractivity contribution in [2.24, 2.45) is 11.7 Å². The number of benzene rings is 1. The number of rotatable bonds is 4. The minimum atomic E-state index is 0.0408. The summed E-state index contributed by atoms with van der Waals surface area (Å²) in [5, 5.41) is 2.92. The van der Waals surface area contributed by atoms with Crippen LogP contribution < -0.4 is 5.73 Å². The molecule has 1 aromatic carbocycles. The van der Waals surface area contributed by atoms with Gasteiger partial charge in [-0.1, -0.05) is 36.8 Å². The number of carbonyl (C=O) groups is 1. The molecule has 3 rings (SSSR count). The van der Waals surface area contributed by atoms with Crippen LogP contribution in [0.4, 0.5) is 0 Å². The second-order valence-corrected chi connectivity index (χ2v) is 6.28. The summed E-state index contributed by atoms with van der Waals surface area (Å²) in [5.74, 6) is 0.294. The van der Waals surface area contributed by atoms with Gasteiger partial charge in [0, 0.05) is 22.9 Å². The fourth-order valence-electron chi connectivity index (χ4n) is 2.80. The number of Topliss-reactive ketones (excluding diaryl/α,β-unsaturated/α-hetero) is 1. The molecular weight excluding hydrogens is 268 g/mol. The summed E-state index contributed by atoms with van der Waals surface area (Å²) in [6.07, 6.45) is 3.42. The molecule has 1 heterocycles. The Morgan fingerprint density at radius 3 is 2.80 bits per heavy atom. The maximum atomic E-state index is 12.3. The third kappa shape index (κ3) is 2.81. The number of aromatic nitrogens is 1. The highest BCUT2D eigenvalue weighted by atomic mass is 32.1. The van der Waals surface area contributed by atoms with E-state index < -0.39 is 0 Å². The monoisotopic (exact) mass is 286 g/mol. The molecule has 1 aliphatic carbocycles. The fourth-order valence-corrected chi connectivity index (χ4v) is 3.62. The Morgan fingerprint density at radius 1 is 1.30 bits per heavy atom. The van der Waals surface area contributed by atoms with Crippen molar-refractivity contribution in [3.05, 3.63) is 40.7 Å². The Kier molecular flexibility index (Phi) is 3.94. The van der Waals surface area contributed by atoms with Crippen molar-refractivity contribution in [3.63, 3.8) is 0 Å². The summed E-state index contributed by atoms with van der Waals surface area (Å²) in [6, 6.07) is 10.1. The molecule has 2 atom stereocenters. The smallest absolute Gasteiger partial charge is 0.144 e. The van der Waals surface area contributed by atoms with Gasteiger partial charge in [-0.25, -0.2) is 4.98 Å². The lowest BCUT2D eigenvalue weighted by Crippen LogP contribution is -2.31. The number of nitrogens with two attached hydrogens (primary N) is 1. The third-order valence-corrected chi connectivity index (χ3v) is 4.78. The number of thiazole rings is 1. The van der Waals surface area contributed by atoms with Crippen molar-refractivity contribution >= 4 is 17.1 Å². The molecule has 0 bridgehead atoms. The predicted molar refractivity (Wildman–Crippen MR) is 81.6 cm³/mol. The molecule has 1 fully saturated rings. The Morgan fingerprint density at radius 2 is 2.10 bits per heavy atom. The van der Waals surface area contributed by atoms with Crippen LogP contribution in [0, 0.1) is 5.92 Å². The first-order valence-corrected chi connectivity index (χ1v) is 7.90. The average Bonchev–Trinajstić information content (AvgIpc) is 3.09. The van der Waals surface area contributed by atoms with Crippen LogP contribution in [-0.4, -0.2) is 16.8 Å². The molecule has 3 nitrogen and oxygen atoms in total. The quantitative estimate of drug-likeness (QED) is 0.940. The number of hydrogen-bond acceptors (Lipinski definition) is 4. The van der Waals surface area contributed by atoms with E-state index in [0.717, 1.165) is 35.5 Å². The van der Waals surface area contributed by atoms with Gasteiger partial charge < -0.3 is 5.73 Å². The van der Waals surface area contributed by atoms with Crippen LogP contribution in [0.2, 0.25) is 0 Å². The van der Waals surface area contributed by atoms with E-state index in [1.165, 1.54) is 0 Å². The van der Waals surface area contributed by atoms with E-state index in [2.05, 4.69) is 4.98 Å². The van der Waals surface area contributed by atoms with E-state index in [0.29, 0.717) is 6.42 Å². The Hall–Kier alpha value is -1.52. The van der Waals surface area contributed by atoms with Gasteiger partial charge in [0.1, 0.15) is 10.8 Å². The summed E-state index contributed by atoms with van der Waals surface area (Å²) >= 11 is 1.56. The molecule has 2 aromatic rings. The molecule has 0 aliphatic heterocycles. The zero-order valence-corrected chi connectivity index (χ0v) is 12.1. The lowest BCUT2D eigenvalue weighted by Gasteiger charge is -2.12. The molecule has 1 aliphatic rings. The topological polar surface area (TPSA) is 56.0 Å². The van der Waals surface area contributed by atoms with E-state index in [-0.39, 0.29) is 17.7 Å². The molecule has 0 spiro atoms. The Labute approximate surface area is 122 Å². The Bertz CT molecular complexity index is 594. The SMILES string of the molecule is NC1CCCC1C(=O)Cc1nc(-c2ccccc2)cs1. The maximum Gasteiger partial charge on any atom is 0.144 e. The minimum Gasteiger partial charge on any atom is -0.327 e. The first kappa shape index (κ1) is 13.5. The molecular formula is C16H18N2OS. The zero-order chi connectivity index (χ0) is 13.9. The van der Waals surface area contributed by atoms with E-state index in [1.807, 2.05) is 35.7 Å². The highest BCUT2D eigenvalue weighted by molar-refractivity contribution is 7.10. The molecule has 0 radical (unpaired) electrons. The lowest BCUT2D eigenvalue weighted by atomic mass is 9.97. The van der Waals surface area contributed by atoms with Crippen molar-refractivity contribution < 1.29 is 4.79 Å². The minimum absolute atomic E-state index is 0.0408. The van der Waals surface area contributed by atoms with E-state index >= 15 is 0 Å². The summed E-state index contributed by atoms with van der Waals surface area (Å²) in [4.78, 5) is 16.8. The van der Waals surface area contributed by atoms with Gasteiger partial charge in [0.15, 0.2) is 0 Å². The summed E-state index contributed by atoms with van der Waals surface area (Å²) in [7, 11) is 0. The average molecular weight is 286 g/mol. The molecule has 20 heavy (non-hydrogen) atoms. The predicted octanol–water partition coefficient (Wildman–Crippen LogP) is 3.05. The molecule has 1 aromatic heterocycles. The molecule has 1 saturated carbocycles. The standard InChI is InChI=1S/C16H18N2OS/c17-13-8-4-7-12(13)15(19)9-16-18-14(10-20-16)11-5-2-1-3-6-11/h1-3,5-6,10,12-13H,4,7-9,17H2. The number of nitrogens with zero attached hydrogens (tertiary/aromatic N) is 1. The summed E-state index contributed by atoms with van der Waals surface area (Å²) in [5.41, 5.74) is 8.04. The Balaban J connectivity index is 1.70. The van der Waals surface area contributed by atoms with Gasteiger partial charge in [-0.15, -0.1) is 11.3 Å². The largest absolute Gasteiger partial charge is 0.327 e. The van der Waals surface area contributed by atoms with Crippen molar-refractivity contribution in [1.29, 1.82) is 0 Å². The van der Waals surface area contributed by atoms with Crippen molar-refractivity contribution in [1.82, 2.24) is 4.98 Å². The van der Waals surface area contributed by atoms with Gasteiger partial charge in [-0.2, -0.15) is 0 Å². The van der Waals surface area contributed by atoms with Crippen LogP contribution in [0.5, 0.6) is 0 Å². The van der Waals surface area contributed by atoms with Crippen molar-refractivity contribution in [3.8, 4) is 11.3 Å². The van der Waals surface area contributed by atoms with Crippen LogP contribution in [0.1, 0.15) is 24.3 Å². The van der Waals surface area contributed by atoms with Gasteiger partial charge in [0.2, 0.25) is 0 Å². The summed E-state index contributed by atoms with van der Waals surface area (Å²) < 4.78 is 0. The molecule has 0 amide bonds. The van der Waals surface area contributed by atoms with Gasteiger partial charge in [-0.3, -0.25) is 4.79 Å². The molecule has 4 heteroatoms. The van der Waals surface area contributed by atoms with Gasteiger partial charge in [0.05, 0.1) is 12.1 Å². The highest BCUT2D eigenvalue weighted by Crippen LogP contribution is 2.27. The highest BCUT2D eigenvalue weighted by Gasteiger charge is 2.30. The second-order valence-electron chi connectivity index (χ2n) is 5.34. The van der Waals surface area contributed by atoms with Crippen molar-refractivity contribution in [2.45, 2.75) is 31.7 Å². The van der Waals surface area contributed by atoms with Crippen molar-refractivity contribution in [2.75, 3.05) is 0 Å². The third-order valence-electron chi connectivity index (χ3n) is 3.93. The second kappa shape index (κ2) is 5.85. The number of hydrogen-bond donors (Lipinski definition) is 1. The van der Waals surface area contributed by atoms with Gasteiger partial charge in [-0.05, 0) is 12.8 Å².